The first-order chi connectivity index (χ1) is 9.88. The smallest absolute Gasteiger partial charge is 0.340 e. The lowest BCUT2D eigenvalue weighted by atomic mass is 10.1. The predicted octanol–water partition coefficient (Wildman–Crippen LogP) is 0.153. The Labute approximate surface area is 115 Å². The number of amides is 1. The molecule has 0 spiro atoms. The number of aromatic nitrogens is 2. The van der Waals surface area contributed by atoms with Gasteiger partial charge >= 0.3 is 11.7 Å². The zero-order chi connectivity index (χ0) is 15.6. The van der Waals surface area contributed by atoms with Crippen LogP contribution < -0.4 is 16.6 Å². The summed E-state index contributed by atoms with van der Waals surface area (Å²) in [4.78, 5) is 48.9. The van der Waals surface area contributed by atoms with Crippen molar-refractivity contribution < 1.29 is 19.1 Å². The first-order valence-electron chi connectivity index (χ1n) is 5.55. The zero-order valence-electron chi connectivity index (χ0n) is 10.3. The quantitative estimate of drug-likeness (QED) is 0.639. The van der Waals surface area contributed by atoms with Gasteiger partial charge in [0.1, 0.15) is 17.1 Å². The molecule has 2 aromatic rings. The Hall–Kier alpha value is -3.23. The van der Waals surface area contributed by atoms with Gasteiger partial charge in [-0.05, 0) is 12.1 Å². The molecule has 108 valence electrons. The van der Waals surface area contributed by atoms with E-state index in [-0.39, 0.29) is 11.4 Å². The molecule has 0 bridgehead atoms. The van der Waals surface area contributed by atoms with E-state index in [0.29, 0.717) is 0 Å². The Bertz CT molecular complexity index is 811. The van der Waals surface area contributed by atoms with Crippen molar-refractivity contribution in [1.29, 1.82) is 0 Å². The molecular weight excluding hydrogens is 285 g/mol. The molecule has 9 heteroatoms. The van der Waals surface area contributed by atoms with Crippen molar-refractivity contribution in [1.82, 2.24) is 9.97 Å². The highest BCUT2D eigenvalue weighted by molar-refractivity contribution is 6.06. The molecule has 4 N–H and O–H groups in total. The molecular formula is C12H8FN3O5. The largest absolute Gasteiger partial charge is 0.478 e. The van der Waals surface area contributed by atoms with Gasteiger partial charge < -0.3 is 15.4 Å². The molecule has 0 saturated heterocycles. The van der Waals surface area contributed by atoms with Crippen LogP contribution in [-0.4, -0.2) is 27.0 Å². The maximum absolute atomic E-state index is 13.4. The van der Waals surface area contributed by atoms with Crippen LogP contribution in [0, 0.1) is 5.82 Å². The molecule has 21 heavy (non-hydrogen) atoms. The number of anilines is 1. The van der Waals surface area contributed by atoms with E-state index in [1.807, 2.05) is 4.98 Å². The summed E-state index contributed by atoms with van der Waals surface area (Å²) >= 11 is 0. The van der Waals surface area contributed by atoms with Crippen molar-refractivity contribution in [2.45, 2.75) is 0 Å². The van der Waals surface area contributed by atoms with Gasteiger partial charge in [0.05, 0.1) is 5.69 Å². The van der Waals surface area contributed by atoms with Crippen LogP contribution in [0.15, 0.2) is 33.9 Å². The average molecular weight is 293 g/mol. The number of aromatic amines is 2. The van der Waals surface area contributed by atoms with Crippen LogP contribution in [-0.2, 0) is 0 Å². The first-order valence-corrected chi connectivity index (χ1v) is 5.55. The summed E-state index contributed by atoms with van der Waals surface area (Å²) in [6.45, 7) is 0. The van der Waals surface area contributed by atoms with Crippen LogP contribution in [0.2, 0.25) is 0 Å². The fourth-order valence-electron chi connectivity index (χ4n) is 1.63. The summed E-state index contributed by atoms with van der Waals surface area (Å²) in [7, 11) is 0. The molecule has 1 aromatic carbocycles. The lowest BCUT2D eigenvalue weighted by molar-refractivity contribution is 0.0693. The number of aromatic carboxylic acids is 1. The van der Waals surface area contributed by atoms with E-state index < -0.39 is 34.5 Å². The predicted molar refractivity (Wildman–Crippen MR) is 69.0 cm³/mol. The Balaban J connectivity index is 2.41. The molecule has 1 heterocycles. The number of H-pyrrole nitrogens is 2. The number of carbonyl (C=O) groups excluding carboxylic acids is 1. The van der Waals surface area contributed by atoms with E-state index in [9.17, 15) is 23.6 Å². The molecule has 0 unspecified atom stereocenters. The number of benzene rings is 1. The summed E-state index contributed by atoms with van der Waals surface area (Å²) in [5, 5.41) is 11.0. The Morgan fingerprint density at radius 3 is 2.52 bits per heavy atom. The number of rotatable bonds is 3. The fourth-order valence-corrected chi connectivity index (χ4v) is 1.63. The highest BCUT2D eigenvalue weighted by Gasteiger charge is 2.18. The molecule has 0 aliphatic carbocycles. The summed E-state index contributed by atoms with van der Waals surface area (Å²) in [5.41, 5.74) is -3.11. The standard InChI is InChI=1S/C12H8FN3O5/c13-5-2-1-3-6(9(5)11(19)20)14-10(18)7-4-8(17)16-12(21)15-7/h1-4H,(H,14,18)(H,19,20)(H2,15,16,17,21). The lowest BCUT2D eigenvalue weighted by Crippen LogP contribution is -2.27. The topological polar surface area (TPSA) is 132 Å². The van der Waals surface area contributed by atoms with Crippen molar-refractivity contribution in [2.75, 3.05) is 5.32 Å². The normalized spacial score (nSPS) is 10.1. The van der Waals surface area contributed by atoms with Crippen LogP contribution >= 0.6 is 0 Å². The van der Waals surface area contributed by atoms with E-state index in [4.69, 9.17) is 5.11 Å². The van der Waals surface area contributed by atoms with Crippen molar-refractivity contribution in [3.05, 3.63) is 62.2 Å². The van der Waals surface area contributed by atoms with Gasteiger partial charge in [-0.15, -0.1) is 0 Å². The fraction of sp³-hybridized carbons (Fsp3) is 0. The molecule has 0 aliphatic rings. The van der Waals surface area contributed by atoms with Crippen LogP contribution in [0.3, 0.4) is 0 Å². The summed E-state index contributed by atoms with van der Waals surface area (Å²) in [5.74, 6) is -3.55. The Kier molecular flexibility index (Phi) is 3.65. The van der Waals surface area contributed by atoms with Crippen molar-refractivity contribution >= 4 is 17.6 Å². The van der Waals surface area contributed by atoms with Crippen LogP contribution in [0.4, 0.5) is 10.1 Å². The number of hydrogen-bond acceptors (Lipinski definition) is 4. The molecule has 2 rings (SSSR count). The third-order valence-electron chi connectivity index (χ3n) is 2.48. The van der Waals surface area contributed by atoms with Gasteiger partial charge in [0.2, 0.25) is 0 Å². The van der Waals surface area contributed by atoms with E-state index in [0.717, 1.165) is 12.1 Å². The third kappa shape index (κ3) is 3.03. The second-order valence-corrected chi connectivity index (χ2v) is 3.92. The summed E-state index contributed by atoms with van der Waals surface area (Å²) < 4.78 is 13.4. The number of halogens is 1. The molecule has 1 aromatic heterocycles. The molecule has 8 nitrogen and oxygen atoms in total. The number of carbonyl (C=O) groups is 2. The Morgan fingerprint density at radius 2 is 1.90 bits per heavy atom. The summed E-state index contributed by atoms with van der Waals surface area (Å²) in [6, 6.07) is 4.12. The maximum Gasteiger partial charge on any atom is 0.340 e. The minimum absolute atomic E-state index is 0.298. The molecule has 0 aliphatic heterocycles. The maximum atomic E-state index is 13.4. The number of hydrogen-bond donors (Lipinski definition) is 4. The molecule has 0 atom stereocenters. The van der Waals surface area contributed by atoms with Gasteiger partial charge in [-0.3, -0.25) is 14.6 Å². The Morgan fingerprint density at radius 1 is 1.19 bits per heavy atom. The highest BCUT2D eigenvalue weighted by Crippen LogP contribution is 2.19. The van der Waals surface area contributed by atoms with Gasteiger partial charge in [-0.25, -0.2) is 14.0 Å². The van der Waals surface area contributed by atoms with Gasteiger partial charge in [0.15, 0.2) is 0 Å². The highest BCUT2D eigenvalue weighted by atomic mass is 19.1. The SMILES string of the molecule is O=C(Nc1cccc(F)c1C(=O)O)c1cc(=O)[nH]c(=O)[nH]1. The monoisotopic (exact) mass is 293 g/mol. The van der Waals surface area contributed by atoms with E-state index in [1.165, 1.54) is 12.1 Å². The van der Waals surface area contributed by atoms with Gasteiger partial charge in [-0.2, -0.15) is 0 Å². The second kappa shape index (κ2) is 5.41. The number of carboxylic acid groups (broad SMARTS) is 1. The minimum atomic E-state index is -1.57. The molecule has 1 amide bonds. The van der Waals surface area contributed by atoms with Crippen LogP contribution in [0.25, 0.3) is 0 Å². The van der Waals surface area contributed by atoms with Crippen molar-refractivity contribution in [3.63, 3.8) is 0 Å². The van der Waals surface area contributed by atoms with Crippen molar-refractivity contribution in [2.24, 2.45) is 0 Å². The van der Waals surface area contributed by atoms with Gasteiger partial charge in [0.25, 0.3) is 11.5 Å². The van der Waals surface area contributed by atoms with Gasteiger partial charge in [0, 0.05) is 6.07 Å². The van der Waals surface area contributed by atoms with E-state index >= 15 is 0 Å². The lowest BCUT2D eigenvalue weighted by Gasteiger charge is -2.08. The summed E-state index contributed by atoms with van der Waals surface area (Å²) in [6.07, 6.45) is 0. The van der Waals surface area contributed by atoms with E-state index in [1.54, 1.807) is 0 Å². The number of carboxylic acids is 1. The second-order valence-electron chi connectivity index (χ2n) is 3.92. The molecule has 0 radical (unpaired) electrons. The minimum Gasteiger partial charge on any atom is -0.478 e. The molecule has 0 saturated carbocycles. The third-order valence-corrected chi connectivity index (χ3v) is 2.48. The van der Waals surface area contributed by atoms with Gasteiger partial charge in [-0.1, -0.05) is 6.07 Å². The van der Waals surface area contributed by atoms with Crippen LogP contribution in [0.1, 0.15) is 20.8 Å². The average Bonchev–Trinajstić information content (AvgIpc) is 2.37. The van der Waals surface area contributed by atoms with E-state index in [2.05, 4.69) is 10.3 Å². The number of nitrogens with one attached hydrogen (secondary N) is 3. The van der Waals surface area contributed by atoms with Crippen molar-refractivity contribution in [3.8, 4) is 0 Å². The molecule has 0 fully saturated rings. The van der Waals surface area contributed by atoms with Crippen LogP contribution in [0.5, 0.6) is 0 Å². The first kappa shape index (κ1) is 14.2. The zero-order valence-corrected chi connectivity index (χ0v) is 10.3.